The number of piperazine rings is 1. The van der Waals surface area contributed by atoms with Gasteiger partial charge in [0.05, 0.1) is 18.4 Å². The van der Waals surface area contributed by atoms with Gasteiger partial charge in [-0.15, -0.1) is 10.2 Å². The number of halogens is 3. The number of carbonyl (C=O) groups excluding carboxylic acids is 1. The van der Waals surface area contributed by atoms with Crippen LogP contribution in [0.3, 0.4) is 0 Å². The first kappa shape index (κ1) is 23.9. The van der Waals surface area contributed by atoms with Gasteiger partial charge in [0.1, 0.15) is 11.6 Å². The first-order chi connectivity index (χ1) is 16.3. The minimum absolute atomic E-state index is 0.0457. The van der Waals surface area contributed by atoms with Crippen molar-refractivity contribution in [1.82, 2.24) is 19.7 Å². The SMILES string of the molecule is COc1ccc(-n2c(C)nnc2SCC(=O)N2CCN(c3cccc(C(F)(F)F)c3)CC2)cc1. The Morgan fingerprint density at radius 1 is 1.03 bits per heavy atom. The lowest BCUT2D eigenvalue weighted by atomic mass is 10.1. The first-order valence-corrected chi connectivity index (χ1v) is 11.6. The molecule has 0 saturated carbocycles. The van der Waals surface area contributed by atoms with Crippen LogP contribution < -0.4 is 9.64 Å². The van der Waals surface area contributed by atoms with Crippen LogP contribution in [-0.4, -0.2) is 64.6 Å². The van der Waals surface area contributed by atoms with Gasteiger partial charge in [-0.3, -0.25) is 9.36 Å². The molecule has 0 bridgehead atoms. The molecule has 1 aliphatic heterocycles. The predicted molar refractivity (Wildman–Crippen MR) is 124 cm³/mol. The summed E-state index contributed by atoms with van der Waals surface area (Å²) in [4.78, 5) is 16.4. The number of carbonyl (C=O) groups is 1. The summed E-state index contributed by atoms with van der Waals surface area (Å²) in [5, 5.41) is 8.96. The van der Waals surface area contributed by atoms with E-state index >= 15 is 0 Å². The van der Waals surface area contributed by atoms with E-state index < -0.39 is 11.7 Å². The van der Waals surface area contributed by atoms with E-state index in [-0.39, 0.29) is 11.7 Å². The summed E-state index contributed by atoms with van der Waals surface area (Å²) in [6.07, 6.45) is -4.38. The van der Waals surface area contributed by atoms with Crippen LogP contribution in [0.4, 0.5) is 18.9 Å². The molecular formula is C23H24F3N5O2S. The van der Waals surface area contributed by atoms with Crippen molar-refractivity contribution >= 4 is 23.4 Å². The number of hydrogen-bond acceptors (Lipinski definition) is 6. The number of aromatic nitrogens is 3. The van der Waals surface area contributed by atoms with E-state index in [1.54, 1.807) is 18.1 Å². The van der Waals surface area contributed by atoms with E-state index in [1.165, 1.54) is 17.8 Å². The number of nitrogens with zero attached hydrogens (tertiary/aromatic N) is 5. The maximum Gasteiger partial charge on any atom is 0.416 e. The third-order valence-corrected chi connectivity index (χ3v) is 6.54. The van der Waals surface area contributed by atoms with Gasteiger partial charge >= 0.3 is 6.18 Å². The fourth-order valence-electron chi connectivity index (χ4n) is 3.78. The normalized spacial score (nSPS) is 14.4. The highest BCUT2D eigenvalue weighted by Gasteiger charge is 2.31. The smallest absolute Gasteiger partial charge is 0.416 e. The van der Waals surface area contributed by atoms with Crippen molar-refractivity contribution in [2.45, 2.75) is 18.3 Å². The molecule has 0 N–H and O–H groups in total. The lowest BCUT2D eigenvalue weighted by Gasteiger charge is -2.36. The second kappa shape index (κ2) is 9.96. The number of ether oxygens (including phenoxy) is 1. The number of benzene rings is 2. The summed E-state index contributed by atoms with van der Waals surface area (Å²) in [7, 11) is 1.60. The number of hydrogen-bond donors (Lipinski definition) is 0. The topological polar surface area (TPSA) is 63.5 Å². The van der Waals surface area contributed by atoms with Crippen molar-refractivity contribution in [3.05, 3.63) is 59.9 Å². The molecule has 0 spiro atoms. The van der Waals surface area contributed by atoms with Crippen LogP contribution in [0.1, 0.15) is 11.4 Å². The summed E-state index contributed by atoms with van der Waals surface area (Å²) in [5.41, 5.74) is 0.712. The Hall–Kier alpha value is -3.21. The van der Waals surface area contributed by atoms with Crippen LogP contribution in [0.15, 0.2) is 53.7 Å². The molecule has 34 heavy (non-hydrogen) atoms. The van der Waals surface area contributed by atoms with Crippen LogP contribution in [0.2, 0.25) is 0 Å². The molecule has 7 nitrogen and oxygen atoms in total. The van der Waals surface area contributed by atoms with Crippen molar-refractivity contribution in [2.75, 3.05) is 43.9 Å². The maximum atomic E-state index is 13.0. The molecule has 0 unspecified atom stereocenters. The third kappa shape index (κ3) is 5.30. The Morgan fingerprint density at radius 3 is 2.38 bits per heavy atom. The zero-order valence-electron chi connectivity index (χ0n) is 18.7. The van der Waals surface area contributed by atoms with Crippen LogP contribution in [0.25, 0.3) is 5.69 Å². The largest absolute Gasteiger partial charge is 0.497 e. The molecule has 3 aromatic rings. The number of anilines is 1. The van der Waals surface area contributed by atoms with Crippen LogP contribution in [-0.2, 0) is 11.0 Å². The summed E-state index contributed by atoms with van der Waals surface area (Å²) in [6, 6.07) is 12.8. The standard InChI is InChI=1S/C23H24F3N5O2S/c1-16-27-28-22(31(16)18-6-8-20(33-2)9-7-18)34-15-21(32)30-12-10-29(11-13-30)19-5-3-4-17(14-19)23(24,25)26/h3-9,14H,10-13,15H2,1-2H3. The molecule has 1 amide bonds. The highest BCUT2D eigenvalue weighted by atomic mass is 32.2. The van der Waals surface area contributed by atoms with E-state index in [0.717, 1.165) is 23.6 Å². The Kier molecular flexibility index (Phi) is 7.01. The number of methoxy groups -OCH3 is 1. The number of amides is 1. The summed E-state index contributed by atoms with van der Waals surface area (Å²) >= 11 is 1.30. The van der Waals surface area contributed by atoms with Crippen LogP contribution >= 0.6 is 11.8 Å². The lowest BCUT2D eigenvalue weighted by Crippen LogP contribution is -2.49. The second-order valence-electron chi connectivity index (χ2n) is 7.77. The second-order valence-corrected chi connectivity index (χ2v) is 8.71. The average Bonchev–Trinajstić information content (AvgIpc) is 3.22. The minimum atomic E-state index is -4.38. The van der Waals surface area contributed by atoms with E-state index in [0.29, 0.717) is 42.8 Å². The fourth-order valence-corrected chi connectivity index (χ4v) is 4.68. The Labute approximate surface area is 199 Å². The summed E-state index contributed by atoms with van der Waals surface area (Å²) < 4.78 is 46.1. The molecule has 180 valence electrons. The van der Waals surface area contributed by atoms with E-state index in [4.69, 9.17) is 4.74 Å². The van der Waals surface area contributed by atoms with Gasteiger partial charge < -0.3 is 14.5 Å². The number of rotatable bonds is 6. The molecular weight excluding hydrogens is 467 g/mol. The Balaban J connectivity index is 1.35. The number of alkyl halides is 3. The summed E-state index contributed by atoms with van der Waals surface area (Å²) in [5.74, 6) is 1.59. The third-order valence-electron chi connectivity index (χ3n) is 5.62. The minimum Gasteiger partial charge on any atom is -0.497 e. The molecule has 0 radical (unpaired) electrons. The Bertz CT molecular complexity index is 1140. The van der Waals surface area contributed by atoms with Gasteiger partial charge in [-0.05, 0) is 49.4 Å². The highest BCUT2D eigenvalue weighted by Crippen LogP contribution is 2.32. The molecule has 11 heteroatoms. The van der Waals surface area contributed by atoms with E-state index in [2.05, 4.69) is 10.2 Å². The van der Waals surface area contributed by atoms with Crippen LogP contribution in [0, 0.1) is 6.92 Å². The number of thioether (sulfide) groups is 1. The maximum absolute atomic E-state index is 13.0. The van der Waals surface area contributed by atoms with Crippen molar-refractivity contribution in [3.8, 4) is 11.4 Å². The van der Waals surface area contributed by atoms with Gasteiger partial charge in [-0.1, -0.05) is 17.8 Å². The molecule has 0 atom stereocenters. The van der Waals surface area contributed by atoms with Crippen LogP contribution in [0.5, 0.6) is 5.75 Å². The molecule has 2 aromatic carbocycles. The molecule has 1 aromatic heterocycles. The quantitative estimate of drug-likeness (QED) is 0.485. The van der Waals surface area contributed by atoms with E-state index in [9.17, 15) is 18.0 Å². The number of aryl methyl sites for hydroxylation is 1. The molecule has 1 fully saturated rings. The molecule has 1 saturated heterocycles. The fraction of sp³-hybridized carbons (Fsp3) is 0.348. The zero-order chi connectivity index (χ0) is 24.3. The predicted octanol–water partition coefficient (Wildman–Crippen LogP) is 4.04. The lowest BCUT2D eigenvalue weighted by molar-refractivity contribution is -0.137. The molecule has 0 aliphatic carbocycles. The highest BCUT2D eigenvalue weighted by molar-refractivity contribution is 7.99. The first-order valence-electron chi connectivity index (χ1n) is 10.7. The van der Waals surface area contributed by atoms with Gasteiger partial charge in [0, 0.05) is 37.6 Å². The van der Waals surface area contributed by atoms with Crippen molar-refractivity contribution in [3.63, 3.8) is 0 Å². The van der Waals surface area contributed by atoms with Crippen molar-refractivity contribution in [1.29, 1.82) is 0 Å². The van der Waals surface area contributed by atoms with E-state index in [1.807, 2.05) is 40.7 Å². The van der Waals surface area contributed by atoms with Crippen molar-refractivity contribution in [2.24, 2.45) is 0 Å². The van der Waals surface area contributed by atoms with Gasteiger partial charge in [-0.25, -0.2) is 0 Å². The van der Waals surface area contributed by atoms with Gasteiger partial charge in [0.15, 0.2) is 5.16 Å². The molecule has 1 aliphatic rings. The molecule has 2 heterocycles. The van der Waals surface area contributed by atoms with Gasteiger partial charge in [-0.2, -0.15) is 13.2 Å². The van der Waals surface area contributed by atoms with Gasteiger partial charge in [0.25, 0.3) is 0 Å². The average molecular weight is 492 g/mol. The van der Waals surface area contributed by atoms with Gasteiger partial charge in [0.2, 0.25) is 5.91 Å². The Morgan fingerprint density at radius 2 is 1.74 bits per heavy atom. The zero-order valence-corrected chi connectivity index (χ0v) is 19.6. The monoisotopic (exact) mass is 491 g/mol. The summed E-state index contributed by atoms with van der Waals surface area (Å²) in [6.45, 7) is 3.67. The molecule has 4 rings (SSSR count). The van der Waals surface area contributed by atoms with Crippen molar-refractivity contribution < 1.29 is 22.7 Å².